The molecule has 0 unspecified atom stereocenters. The number of aliphatic hydroxyl groups excluding tert-OH is 1. The first-order valence-corrected chi connectivity index (χ1v) is 7.57. The molecule has 1 aromatic heterocycles. The SMILES string of the molecule is CSc1ccccc1C(=O)NCC[C@H](O)c1ccco1. The summed E-state index contributed by atoms with van der Waals surface area (Å²) in [5.41, 5.74) is 0.660. The van der Waals surface area contributed by atoms with Crippen LogP contribution < -0.4 is 5.32 Å². The summed E-state index contributed by atoms with van der Waals surface area (Å²) in [4.78, 5) is 13.0. The fourth-order valence-corrected chi connectivity index (χ4v) is 2.47. The molecule has 106 valence electrons. The highest BCUT2D eigenvalue weighted by atomic mass is 32.2. The molecule has 20 heavy (non-hydrogen) atoms. The molecule has 1 heterocycles. The van der Waals surface area contributed by atoms with E-state index in [0.717, 1.165) is 4.90 Å². The zero-order chi connectivity index (χ0) is 14.4. The van der Waals surface area contributed by atoms with E-state index in [2.05, 4.69) is 5.32 Å². The van der Waals surface area contributed by atoms with Crippen LogP contribution in [0.15, 0.2) is 52.0 Å². The van der Waals surface area contributed by atoms with E-state index >= 15 is 0 Å². The van der Waals surface area contributed by atoms with Gasteiger partial charge in [-0.05, 0) is 36.9 Å². The first-order chi connectivity index (χ1) is 9.72. The second-order valence-corrected chi connectivity index (χ2v) is 5.12. The Hall–Kier alpha value is -1.72. The average Bonchev–Trinajstić information content (AvgIpc) is 3.01. The van der Waals surface area contributed by atoms with Gasteiger partial charge in [-0.25, -0.2) is 0 Å². The molecule has 0 bridgehead atoms. The Balaban J connectivity index is 1.86. The number of aliphatic hydroxyl groups is 1. The number of hydrogen-bond acceptors (Lipinski definition) is 4. The molecule has 0 aliphatic heterocycles. The molecule has 2 aromatic rings. The summed E-state index contributed by atoms with van der Waals surface area (Å²) >= 11 is 1.54. The minimum absolute atomic E-state index is 0.124. The van der Waals surface area contributed by atoms with Crippen LogP contribution >= 0.6 is 11.8 Å². The van der Waals surface area contributed by atoms with Crippen LogP contribution in [0.3, 0.4) is 0 Å². The summed E-state index contributed by atoms with van der Waals surface area (Å²) < 4.78 is 5.11. The third-order valence-corrected chi connectivity index (χ3v) is 3.72. The number of nitrogens with one attached hydrogen (secondary N) is 1. The van der Waals surface area contributed by atoms with Crippen molar-refractivity contribution in [1.29, 1.82) is 0 Å². The van der Waals surface area contributed by atoms with Gasteiger partial charge in [0.15, 0.2) is 0 Å². The second kappa shape index (κ2) is 7.17. The summed E-state index contributed by atoms with van der Waals surface area (Å²) in [6, 6.07) is 10.9. The molecule has 0 radical (unpaired) electrons. The number of rotatable bonds is 6. The molecule has 1 aromatic carbocycles. The van der Waals surface area contributed by atoms with Gasteiger partial charge in [-0.2, -0.15) is 0 Å². The van der Waals surface area contributed by atoms with E-state index < -0.39 is 6.10 Å². The Morgan fingerprint density at radius 2 is 2.15 bits per heavy atom. The molecule has 1 atom stereocenters. The Morgan fingerprint density at radius 1 is 1.35 bits per heavy atom. The monoisotopic (exact) mass is 291 g/mol. The average molecular weight is 291 g/mol. The van der Waals surface area contributed by atoms with Gasteiger partial charge in [0.2, 0.25) is 0 Å². The van der Waals surface area contributed by atoms with Gasteiger partial charge in [0, 0.05) is 11.4 Å². The van der Waals surface area contributed by atoms with Gasteiger partial charge in [-0.15, -0.1) is 11.8 Å². The standard InChI is InChI=1S/C15H17NO3S/c1-20-14-7-3-2-5-11(14)15(18)16-9-8-12(17)13-6-4-10-19-13/h2-7,10,12,17H,8-9H2,1H3,(H,16,18)/t12-/m0/s1. The number of carbonyl (C=O) groups is 1. The number of amides is 1. The van der Waals surface area contributed by atoms with Gasteiger partial charge in [0.1, 0.15) is 11.9 Å². The fourth-order valence-electron chi connectivity index (χ4n) is 1.87. The van der Waals surface area contributed by atoms with Crippen LogP contribution in [0.4, 0.5) is 0 Å². The van der Waals surface area contributed by atoms with Crippen LogP contribution in [-0.4, -0.2) is 23.8 Å². The molecule has 0 fully saturated rings. The van der Waals surface area contributed by atoms with Crippen LogP contribution in [0, 0.1) is 0 Å². The largest absolute Gasteiger partial charge is 0.467 e. The maximum absolute atomic E-state index is 12.1. The lowest BCUT2D eigenvalue weighted by molar-refractivity contribution is 0.0933. The molecule has 2 rings (SSSR count). The fraction of sp³-hybridized carbons (Fsp3) is 0.267. The molecule has 1 amide bonds. The van der Waals surface area contributed by atoms with Crippen molar-refractivity contribution in [3.05, 3.63) is 54.0 Å². The minimum atomic E-state index is -0.693. The second-order valence-electron chi connectivity index (χ2n) is 4.28. The van der Waals surface area contributed by atoms with Gasteiger partial charge in [0.25, 0.3) is 5.91 Å². The van der Waals surface area contributed by atoms with Crippen LogP contribution in [-0.2, 0) is 0 Å². The molecule has 4 nitrogen and oxygen atoms in total. The molecule has 0 aliphatic carbocycles. The Morgan fingerprint density at radius 3 is 2.85 bits per heavy atom. The predicted molar refractivity (Wildman–Crippen MR) is 78.8 cm³/mol. The van der Waals surface area contributed by atoms with Crippen LogP contribution in [0.25, 0.3) is 0 Å². The molecule has 2 N–H and O–H groups in total. The number of hydrogen-bond donors (Lipinski definition) is 2. The topological polar surface area (TPSA) is 62.5 Å². The molecular weight excluding hydrogens is 274 g/mol. The summed E-state index contributed by atoms with van der Waals surface area (Å²) in [6.07, 6.45) is 3.18. The number of thioether (sulfide) groups is 1. The van der Waals surface area contributed by atoms with E-state index in [9.17, 15) is 9.90 Å². The third-order valence-electron chi connectivity index (χ3n) is 2.93. The summed E-state index contributed by atoms with van der Waals surface area (Å²) in [7, 11) is 0. The first-order valence-electron chi connectivity index (χ1n) is 6.35. The maximum Gasteiger partial charge on any atom is 0.252 e. The molecule has 0 spiro atoms. The highest BCUT2D eigenvalue weighted by Crippen LogP contribution is 2.20. The van der Waals surface area contributed by atoms with E-state index in [1.165, 1.54) is 18.0 Å². The molecule has 0 saturated heterocycles. The smallest absolute Gasteiger partial charge is 0.252 e. The van der Waals surface area contributed by atoms with Crippen molar-refractivity contribution < 1.29 is 14.3 Å². The Kier molecular flexibility index (Phi) is 5.26. The number of carbonyl (C=O) groups excluding carboxylic acids is 1. The summed E-state index contributed by atoms with van der Waals surface area (Å²) in [6.45, 7) is 0.392. The van der Waals surface area contributed by atoms with Crippen LogP contribution in [0.5, 0.6) is 0 Å². The first kappa shape index (κ1) is 14.7. The zero-order valence-corrected chi connectivity index (χ0v) is 12.0. The van der Waals surface area contributed by atoms with Crippen molar-refractivity contribution in [2.75, 3.05) is 12.8 Å². The van der Waals surface area contributed by atoms with Gasteiger partial charge in [-0.1, -0.05) is 12.1 Å². The van der Waals surface area contributed by atoms with Crippen molar-refractivity contribution in [2.24, 2.45) is 0 Å². The lowest BCUT2D eigenvalue weighted by Gasteiger charge is -2.10. The van der Waals surface area contributed by atoms with Crippen LogP contribution in [0.2, 0.25) is 0 Å². The van der Waals surface area contributed by atoms with E-state index in [1.807, 2.05) is 24.5 Å². The third kappa shape index (κ3) is 3.65. The quantitative estimate of drug-likeness (QED) is 0.803. The van der Waals surface area contributed by atoms with Gasteiger partial charge in [-0.3, -0.25) is 4.79 Å². The maximum atomic E-state index is 12.1. The normalized spacial score (nSPS) is 12.1. The van der Waals surface area contributed by atoms with Gasteiger partial charge in [0.05, 0.1) is 11.8 Å². The Bertz CT molecular complexity index is 554. The Labute approximate surface area is 122 Å². The molecule has 0 saturated carbocycles. The van der Waals surface area contributed by atoms with Crippen molar-refractivity contribution in [3.63, 3.8) is 0 Å². The van der Waals surface area contributed by atoms with Crippen molar-refractivity contribution in [3.8, 4) is 0 Å². The summed E-state index contributed by atoms with van der Waals surface area (Å²) in [5, 5.41) is 12.7. The summed E-state index contributed by atoms with van der Waals surface area (Å²) in [5.74, 6) is 0.394. The number of benzene rings is 1. The van der Waals surface area contributed by atoms with E-state index in [0.29, 0.717) is 24.3 Å². The van der Waals surface area contributed by atoms with E-state index in [-0.39, 0.29) is 5.91 Å². The predicted octanol–water partition coefficient (Wildman–Crippen LogP) is 2.86. The molecular formula is C15H17NO3S. The lowest BCUT2D eigenvalue weighted by atomic mass is 10.2. The van der Waals surface area contributed by atoms with E-state index in [4.69, 9.17) is 4.42 Å². The van der Waals surface area contributed by atoms with Gasteiger partial charge >= 0.3 is 0 Å². The zero-order valence-electron chi connectivity index (χ0n) is 11.2. The highest BCUT2D eigenvalue weighted by molar-refractivity contribution is 7.98. The van der Waals surface area contributed by atoms with Gasteiger partial charge < -0.3 is 14.8 Å². The lowest BCUT2D eigenvalue weighted by Crippen LogP contribution is -2.26. The van der Waals surface area contributed by atoms with Crippen molar-refractivity contribution in [2.45, 2.75) is 17.4 Å². The molecule has 5 heteroatoms. The minimum Gasteiger partial charge on any atom is -0.467 e. The van der Waals surface area contributed by atoms with Crippen molar-refractivity contribution >= 4 is 17.7 Å². The van der Waals surface area contributed by atoms with E-state index in [1.54, 1.807) is 18.2 Å². The van der Waals surface area contributed by atoms with Crippen LogP contribution in [0.1, 0.15) is 28.6 Å². The number of furan rings is 1. The highest BCUT2D eigenvalue weighted by Gasteiger charge is 2.13. The van der Waals surface area contributed by atoms with Crippen molar-refractivity contribution in [1.82, 2.24) is 5.32 Å². The molecule has 0 aliphatic rings.